The van der Waals surface area contributed by atoms with Crippen LogP contribution in [0.15, 0.2) is 69.8 Å². The summed E-state index contributed by atoms with van der Waals surface area (Å²) in [7, 11) is 0. The van der Waals surface area contributed by atoms with Gasteiger partial charge in [-0.2, -0.15) is 0 Å². The standard InChI is InChI=1S/C15H11Cl2NOS2/c16-11-8-12(17)10-14(9-11)20-7-6-15(19)18-21-13-4-2-1-3-5-13/h1-10H,(H,18,19)/b7-6+. The van der Waals surface area contributed by atoms with Gasteiger partial charge < -0.3 is 0 Å². The van der Waals surface area contributed by atoms with Crippen molar-refractivity contribution in [2.75, 3.05) is 0 Å². The second kappa shape index (κ2) is 8.39. The summed E-state index contributed by atoms with van der Waals surface area (Å²) < 4.78 is 2.73. The third kappa shape index (κ3) is 6.06. The lowest BCUT2D eigenvalue weighted by Crippen LogP contribution is -2.11. The number of benzene rings is 2. The molecule has 0 saturated heterocycles. The molecule has 0 radical (unpaired) electrons. The molecule has 2 aromatic rings. The van der Waals surface area contributed by atoms with Crippen molar-refractivity contribution in [1.29, 1.82) is 0 Å². The van der Waals surface area contributed by atoms with Gasteiger partial charge in [0.2, 0.25) is 0 Å². The minimum Gasteiger partial charge on any atom is -0.292 e. The Balaban J connectivity index is 1.82. The molecule has 0 spiro atoms. The highest BCUT2D eigenvalue weighted by molar-refractivity contribution is 8.02. The average Bonchev–Trinajstić information content (AvgIpc) is 2.45. The second-order valence-corrected chi connectivity index (χ2v) is 6.64. The van der Waals surface area contributed by atoms with Gasteiger partial charge in [-0.05, 0) is 47.7 Å². The molecule has 0 saturated carbocycles. The number of carbonyl (C=O) groups excluding carboxylic acids is 1. The highest BCUT2D eigenvalue weighted by atomic mass is 35.5. The molecule has 0 unspecified atom stereocenters. The number of carbonyl (C=O) groups is 1. The average molecular weight is 356 g/mol. The zero-order valence-corrected chi connectivity index (χ0v) is 13.9. The van der Waals surface area contributed by atoms with Crippen molar-refractivity contribution >= 4 is 52.8 Å². The molecule has 1 amide bonds. The summed E-state index contributed by atoms with van der Waals surface area (Å²) in [5.74, 6) is -0.176. The minimum atomic E-state index is -0.176. The first-order valence-electron chi connectivity index (χ1n) is 5.94. The number of hydrogen-bond donors (Lipinski definition) is 1. The zero-order chi connectivity index (χ0) is 15.1. The minimum absolute atomic E-state index is 0.176. The molecule has 0 fully saturated rings. The molecule has 2 nitrogen and oxygen atoms in total. The number of hydrogen-bond acceptors (Lipinski definition) is 3. The molecule has 0 bridgehead atoms. The lowest BCUT2D eigenvalue weighted by Gasteiger charge is -2.01. The van der Waals surface area contributed by atoms with Crippen LogP contribution < -0.4 is 4.72 Å². The number of halogens is 2. The third-order valence-electron chi connectivity index (χ3n) is 2.27. The highest BCUT2D eigenvalue weighted by Gasteiger charge is 1.99. The van der Waals surface area contributed by atoms with Crippen LogP contribution in [0.1, 0.15) is 0 Å². The van der Waals surface area contributed by atoms with E-state index in [4.69, 9.17) is 23.2 Å². The molecule has 108 valence electrons. The van der Waals surface area contributed by atoms with E-state index in [1.807, 2.05) is 30.3 Å². The van der Waals surface area contributed by atoms with Crippen molar-refractivity contribution in [2.24, 2.45) is 0 Å². The maximum absolute atomic E-state index is 11.7. The number of amides is 1. The van der Waals surface area contributed by atoms with E-state index in [9.17, 15) is 4.79 Å². The van der Waals surface area contributed by atoms with E-state index in [0.717, 1.165) is 9.79 Å². The van der Waals surface area contributed by atoms with Crippen LogP contribution in [-0.4, -0.2) is 5.91 Å². The highest BCUT2D eigenvalue weighted by Crippen LogP contribution is 2.27. The summed E-state index contributed by atoms with van der Waals surface area (Å²) in [6.45, 7) is 0. The van der Waals surface area contributed by atoms with E-state index in [2.05, 4.69) is 4.72 Å². The zero-order valence-electron chi connectivity index (χ0n) is 10.8. The fourth-order valence-electron chi connectivity index (χ4n) is 1.40. The molecule has 21 heavy (non-hydrogen) atoms. The van der Waals surface area contributed by atoms with Crippen LogP contribution in [0.3, 0.4) is 0 Å². The summed E-state index contributed by atoms with van der Waals surface area (Å²) >= 11 is 14.5. The smallest absolute Gasteiger partial charge is 0.254 e. The molecule has 0 heterocycles. The van der Waals surface area contributed by atoms with Crippen LogP contribution in [0.25, 0.3) is 0 Å². The van der Waals surface area contributed by atoms with Gasteiger partial charge in [0.15, 0.2) is 0 Å². The number of rotatable bonds is 5. The molecule has 1 N–H and O–H groups in total. The molecular weight excluding hydrogens is 345 g/mol. The normalized spacial score (nSPS) is 10.8. The molecule has 2 rings (SSSR count). The Bertz CT molecular complexity index is 627. The van der Waals surface area contributed by atoms with E-state index < -0.39 is 0 Å². The van der Waals surface area contributed by atoms with Crippen LogP contribution in [-0.2, 0) is 4.79 Å². The maximum Gasteiger partial charge on any atom is 0.254 e. The number of thioether (sulfide) groups is 1. The van der Waals surface area contributed by atoms with Crippen molar-refractivity contribution in [2.45, 2.75) is 9.79 Å². The SMILES string of the molecule is O=C(/C=C/Sc1cc(Cl)cc(Cl)c1)NSc1ccccc1. The molecule has 6 heteroatoms. The Hall–Kier alpha value is -1.07. The third-order valence-corrected chi connectivity index (χ3v) is 4.30. The van der Waals surface area contributed by atoms with Gasteiger partial charge >= 0.3 is 0 Å². The Labute approximate surface area is 142 Å². The summed E-state index contributed by atoms with van der Waals surface area (Å²) in [4.78, 5) is 13.5. The van der Waals surface area contributed by atoms with Gasteiger partial charge in [0, 0.05) is 25.9 Å². The molecule has 0 aliphatic rings. The first-order chi connectivity index (χ1) is 10.1. The largest absolute Gasteiger partial charge is 0.292 e. The van der Waals surface area contributed by atoms with Gasteiger partial charge in [0.25, 0.3) is 5.91 Å². The molecule has 0 atom stereocenters. The van der Waals surface area contributed by atoms with Crippen LogP contribution in [0.2, 0.25) is 10.0 Å². The first kappa shape index (κ1) is 16.3. The van der Waals surface area contributed by atoms with Crippen molar-refractivity contribution in [3.63, 3.8) is 0 Å². The van der Waals surface area contributed by atoms with Crippen molar-refractivity contribution < 1.29 is 4.79 Å². The Morgan fingerprint density at radius 1 is 1.00 bits per heavy atom. The molecule has 0 aliphatic heterocycles. The van der Waals surface area contributed by atoms with Crippen LogP contribution in [0, 0.1) is 0 Å². The molecule has 2 aromatic carbocycles. The van der Waals surface area contributed by atoms with E-state index in [-0.39, 0.29) is 5.91 Å². The second-order valence-electron chi connectivity index (χ2n) is 3.91. The van der Waals surface area contributed by atoms with Gasteiger partial charge in [-0.1, -0.05) is 53.2 Å². The summed E-state index contributed by atoms with van der Waals surface area (Å²) in [5.41, 5.74) is 0. The van der Waals surface area contributed by atoms with Crippen LogP contribution >= 0.6 is 46.9 Å². The van der Waals surface area contributed by atoms with Crippen molar-refractivity contribution in [1.82, 2.24) is 4.72 Å². The monoisotopic (exact) mass is 355 g/mol. The topological polar surface area (TPSA) is 29.1 Å². The molecular formula is C15H11Cl2NOS2. The van der Waals surface area contributed by atoms with Gasteiger partial charge in [0.05, 0.1) is 0 Å². The Morgan fingerprint density at radius 2 is 1.67 bits per heavy atom. The van der Waals surface area contributed by atoms with Gasteiger partial charge in [-0.3, -0.25) is 9.52 Å². The number of nitrogens with one attached hydrogen (secondary N) is 1. The van der Waals surface area contributed by atoms with E-state index >= 15 is 0 Å². The van der Waals surface area contributed by atoms with Crippen molar-refractivity contribution in [3.8, 4) is 0 Å². The van der Waals surface area contributed by atoms with Crippen molar-refractivity contribution in [3.05, 3.63) is 70.1 Å². The predicted molar refractivity (Wildman–Crippen MR) is 91.9 cm³/mol. The summed E-state index contributed by atoms with van der Waals surface area (Å²) in [6.07, 6.45) is 1.47. The Kier molecular flexibility index (Phi) is 6.51. The Morgan fingerprint density at radius 3 is 2.33 bits per heavy atom. The lowest BCUT2D eigenvalue weighted by atomic mass is 10.4. The van der Waals surface area contributed by atoms with E-state index in [1.54, 1.807) is 23.6 Å². The van der Waals surface area contributed by atoms with Crippen LogP contribution in [0.4, 0.5) is 0 Å². The molecule has 0 aromatic heterocycles. The first-order valence-corrected chi connectivity index (χ1v) is 8.40. The predicted octanol–water partition coefficient (Wildman–Crippen LogP) is 5.42. The quantitative estimate of drug-likeness (QED) is 0.440. The van der Waals surface area contributed by atoms with Gasteiger partial charge in [-0.15, -0.1) is 0 Å². The maximum atomic E-state index is 11.7. The van der Waals surface area contributed by atoms with Crippen LogP contribution in [0.5, 0.6) is 0 Å². The fourth-order valence-corrected chi connectivity index (χ4v) is 3.38. The van der Waals surface area contributed by atoms with Gasteiger partial charge in [0.1, 0.15) is 0 Å². The van der Waals surface area contributed by atoms with Gasteiger partial charge in [-0.25, -0.2) is 0 Å². The summed E-state index contributed by atoms with van der Waals surface area (Å²) in [5, 5.41) is 2.84. The summed E-state index contributed by atoms with van der Waals surface area (Å²) in [6, 6.07) is 14.9. The molecule has 0 aliphatic carbocycles. The van der Waals surface area contributed by atoms with E-state index in [0.29, 0.717) is 10.0 Å². The lowest BCUT2D eigenvalue weighted by molar-refractivity contribution is -0.114. The fraction of sp³-hybridized carbons (Fsp3) is 0. The van der Waals surface area contributed by atoms with E-state index in [1.165, 1.54) is 29.8 Å².